The van der Waals surface area contributed by atoms with Crippen LogP contribution in [0.5, 0.6) is 5.75 Å². The lowest BCUT2D eigenvalue weighted by molar-refractivity contribution is -0.384. The number of halogens is 3. The highest BCUT2D eigenvalue weighted by molar-refractivity contribution is 9.11. The quantitative estimate of drug-likeness (QED) is 0.144. The molecule has 1 heterocycles. The van der Waals surface area contributed by atoms with E-state index in [1.807, 2.05) is 0 Å². The third kappa shape index (κ3) is 5.58. The van der Waals surface area contributed by atoms with Crippen LogP contribution in [0.1, 0.15) is 16.7 Å². The molecule has 0 aliphatic carbocycles. The Morgan fingerprint density at radius 3 is 2.35 bits per heavy atom. The van der Waals surface area contributed by atoms with Gasteiger partial charge in [-0.3, -0.25) is 25.0 Å². The number of carbonyl (C=O) groups is 3. The maximum absolute atomic E-state index is 13.2. The van der Waals surface area contributed by atoms with Crippen molar-refractivity contribution >= 4 is 78.8 Å². The first kappa shape index (κ1) is 26.5. The van der Waals surface area contributed by atoms with Gasteiger partial charge in [0, 0.05) is 17.2 Å². The summed E-state index contributed by atoms with van der Waals surface area (Å²) >= 11 is 13.0. The maximum Gasteiger partial charge on any atom is 0.335 e. The summed E-state index contributed by atoms with van der Waals surface area (Å²) in [6.07, 6.45) is 1.37. The van der Waals surface area contributed by atoms with E-state index in [1.165, 1.54) is 18.2 Å². The second-order valence-corrected chi connectivity index (χ2v) is 9.98. The zero-order valence-electron chi connectivity index (χ0n) is 19.0. The number of carbonyl (C=O) groups excluding carboxylic acids is 3. The zero-order valence-corrected chi connectivity index (χ0v) is 22.9. The molecule has 9 nitrogen and oxygen atoms in total. The van der Waals surface area contributed by atoms with Gasteiger partial charge in [0.2, 0.25) is 0 Å². The summed E-state index contributed by atoms with van der Waals surface area (Å²) in [4.78, 5) is 49.5. The number of benzene rings is 3. The molecule has 1 N–H and O–H groups in total. The molecule has 0 bridgehead atoms. The van der Waals surface area contributed by atoms with Gasteiger partial charge in [-0.15, -0.1) is 0 Å². The smallest absolute Gasteiger partial charge is 0.335 e. The van der Waals surface area contributed by atoms with E-state index >= 15 is 0 Å². The Hall–Kier alpha value is -3.54. The molecule has 1 aliphatic heterocycles. The minimum absolute atomic E-state index is 0.0180. The molecule has 188 valence electrons. The monoisotopic (exact) mass is 647 g/mol. The van der Waals surface area contributed by atoms with Gasteiger partial charge in [-0.05, 0) is 97.9 Å². The van der Waals surface area contributed by atoms with Crippen LogP contribution in [0.3, 0.4) is 0 Å². The average molecular weight is 650 g/mol. The summed E-state index contributed by atoms with van der Waals surface area (Å²) in [5.74, 6) is -1.16. The Kier molecular flexibility index (Phi) is 7.76. The summed E-state index contributed by atoms with van der Waals surface area (Å²) in [7, 11) is 0. The summed E-state index contributed by atoms with van der Waals surface area (Å²) in [5.41, 5.74) is 1.73. The summed E-state index contributed by atoms with van der Waals surface area (Å²) < 4.78 is 6.91. The van der Waals surface area contributed by atoms with Gasteiger partial charge in [0.25, 0.3) is 17.5 Å². The predicted octanol–water partition coefficient (Wildman–Crippen LogP) is 6.33. The molecule has 3 aromatic carbocycles. The van der Waals surface area contributed by atoms with Gasteiger partial charge in [-0.2, -0.15) is 0 Å². The van der Waals surface area contributed by atoms with Crippen molar-refractivity contribution in [2.24, 2.45) is 0 Å². The Labute approximate surface area is 232 Å². The molecule has 0 saturated carbocycles. The number of hydrogen-bond donors (Lipinski definition) is 1. The van der Waals surface area contributed by atoms with Crippen molar-refractivity contribution in [3.8, 4) is 5.75 Å². The number of nitro groups is 1. The van der Waals surface area contributed by atoms with Crippen LogP contribution in [0.25, 0.3) is 6.08 Å². The number of barbiturate groups is 1. The fraction of sp³-hybridized carbons (Fsp3) is 0.0800. The van der Waals surface area contributed by atoms with Crippen molar-refractivity contribution < 1.29 is 24.0 Å². The van der Waals surface area contributed by atoms with E-state index in [4.69, 9.17) is 16.3 Å². The highest BCUT2D eigenvalue weighted by Gasteiger charge is 2.37. The van der Waals surface area contributed by atoms with Crippen molar-refractivity contribution in [2.45, 2.75) is 13.5 Å². The molecule has 0 atom stereocenters. The molecule has 4 amide bonds. The fourth-order valence-electron chi connectivity index (χ4n) is 3.55. The zero-order chi connectivity index (χ0) is 26.9. The van der Waals surface area contributed by atoms with Crippen LogP contribution in [0, 0.1) is 17.0 Å². The molecule has 0 radical (unpaired) electrons. The van der Waals surface area contributed by atoms with E-state index in [2.05, 4.69) is 37.2 Å². The van der Waals surface area contributed by atoms with Crippen molar-refractivity contribution in [3.63, 3.8) is 0 Å². The molecule has 0 unspecified atom stereocenters. The number of imide groups is 2. The van der Waals surface area contributed by atoms with Gasteiger partial charge < -0.3 is 4.74 Å². The number of hydrogen-bond acceptors (Lipinski definition) is 6. The number of nitro benzene ring substituents is 1. The first-order valence-corrected chi connectivity index (χ1v) is 12.5. The Morgan fingerprint density at radius 2 is 1.73 bits per heavy atom. The SMILES string of the molecule is Cc1c(Cl)cccc1N1C(=O)NC(=O)/C(=C\c2cc(Br)c(OCc3ccc([N+](=O)[O-])cc3)c(Br)c2)C1=O. The molecule has 0 aromatic heterocycles. The third-order valence-electron chi connectivity index (χ3n) is 5.44. The second-order valence-electron chi connectivity index (χ2n) is 7.87. The normalized spacial score (nSPS) is 14.6. The number of amides is 4. The Morgan fingerprint density at radius 1 is 1.08 bits per heavy atom. The minimum Gasteiger partial charge on any atom is -0.487 e. The van der Waals surface area contributed by atoms with Gasteiger partial charge in [-0.1, -0.05) is 17.7 Å². The van der Waals surface area contributed by atoms with E-state index < -0.39 is 22.8 Å². The van der Waals surface area contributed by atoms with Crippen LogP contribution in [0.2, 0.25) is 5.02 Å². The molecular weight excluding hydrogens is 634 g/mol. The van der Waals surface area contributed by atoms with Crippen LogP contribution >= 0.6 is 43.5 Å². The fourth-order valence-corrected chi connectivity index (χ4v) is 5.17. The average Bonchev–Trinajstić information content (AvgIpc) is 2.84. The van der Waals surface area contributed by atoms with Crippen LogP contribution in [0.15, 0.2) is 69.1 Å². The van der Waals surface area contributed by atoms with Crippen molar-refractivity contribution in [1.82, 2.24) is 5.32 Å². The van der Waals surface area contributed by atoms with Gasteiger partial charge in [0.15, 0.2) is 0 Å². The molecule has 1 fully saturated rings. The summed E-state index contributed by atoms with van der Waals surface area (Å²) in [6.45, 7) is 1.81. The summed E-state index contributed by atoms with van der Waals surface area (Å²) in [5, 5.41) is 13.4. The number of nitrogens with one attached hydrogen (secondary N) is 1. The number of rotatable bonds is 6. The van der Waals surface area contributed by atoms with Crippen molar-refractivity contribution in [1.29, 1.82) is 0 Å². The lowest BCUT2D eigenvalue weighted by atomic mass is 10.1. The van der Waals surface area contributed by atoms with Crippen molar-refractivity contribution in [2.75, 3.05) is 4.90 Å². The van der Waals surface area contributed by atoms with Gasteiger partial charge in [-0.25, -0.2) is 9.69 Å². The predicted molar refractivity (Wildman–Crippen MR) is 144 cm³/mol. The number of non-ortho nitro benzene ring substituents is 1. The molecule has 0 spiro atoms. The number of urea groups is 1. The Balaban J connectivity index is 1.59. The lowest BCUT2D eigenvalue weighted by Crippen LogP contribution is -2.54. The molecule has 4 rings (SSSR count). The molecule has 12 heteroatoms. The van der Waals surface area contributed by atoms with E-state index in [0.717, 1.165) is 10.5 Å². The maximum atomic E-state index is 13.2. The first-order valence-electron chi connectivity index (χ1n) is 10.6. The number of nitrogens with zero attached hydrogens (tertiary/aromatic N) is 2. The summed E-state index contributed by atoms with van der Waals surface area (Å²) in [6, 6.07) is 13.2. The van der Waals surface area contributed by atoms with Crippen molar-refractivity contribution in [3.05, 3.63) is 101 Å². The first-order chi connectivity index (χ1) is 17.6. The van der Waals surface area contributed by atoms with E-state index in [1.54, 1.807) is 49.4 Å². The largest absolute Gasteiger partial charge is 0.487 e. The highest BCUT2D eigenvalue weighted by Crippen LogP contribution is 2.36. The van der Waals surface area contributed by atoms with Crippen LogP contribution < -0.4 is 15.0 Å². The molecular formula is C25H16Br2ClN3O6. The highest BCUT2D eigenvalue weighted by atomic mass is 79.9. The molecule has 1 aliphatic rings. The topological polar surface area (TPSA) is 119 Å². The van der Waals surface area contributed by atoms with Crippen LogP contribution in [-0.4, -0.2) is 22.8 Å². The number of anilines is 1. The van der Waals surface area contributed by atoms with Crippen LogP contribution in [-0.2, 0) is 16.2 Å². The van der Waals surface area contributed by atoms with Gasteiger partial charge in [0.05, 0.1) is 19.6 Å². The minimum atomic E-state index is -0.866. The van der Waals surface area contributed by atoms with Gasteiger partial charge >= 0.3 is 6.03 Å². The third-order valence-corrected chi connectivity index (χ3v) is 7.03. The molecule has 1 saturated heterocycles. The standard InChI is InChI=1S/C25H16Br2ClN3O6/c1-13-20(28)3-2-4-21(13)30-24(33)17(23(32)29-25(30)34)9-15-10-18(26)22(19(27)11-15)37-12-14-5-7-16(8-6-14)31(35)36/h2-11H,12H2,1H3,(H,29,32,34)/b17-9+. The molecule has 3 aromatic rings. The molecule has 37 heavy (non-hydrogen) atoms. The lowest BCUT2D eigenvalue weighted by Gasteiger charge is -2.27. The number of ether oxygens (including phenoxy) is 1. The van der Waals surface area contributed by atoms with Crippen LogP contribution in [0.4, 0.5) is 16.2 Å². The van der Waals surface area contributed by atoms with Gasteiger partial charge in [0.1, 0.15) is 17.9 Å². The van der Waals surface area contributed by atoms with E-state index in [0.29, 0.717) is 30.8 Å². The second kappa shape index (κ2) is 10.8. The Bertz CT molecular complexity index is 1470. The van der Waals surface area contributed by atoms with E-state index in [9.17, 15) is 24.5 Å². The van der Waals surface area contributed by atoms with E-state index in [-0.39, 0.29) is 23.6 Å².